The van der Waals surface area contributed by atoms with Gasteiger partial charge in [0.2, 0.25) is 0 Å². The predicted octanol–water partition coefficient (Wildman–Crippen LogP) is 4.08. The third-order valence-corrected chi connectivity index (χ3v) is 3.36. The topological polar surface area (TPSA) is 17.1 Å². The SMILES string of the molecule is CCCCCC(CC)C(CC)C(=O)S. The fourth-order valence-electron chi connectivity index (χ4n) is 2.06. The highest BCUT2D eigenvalue weighted by atomic mass is 32.1. The van der Waals surface area contributed by atoms with E-state index in [0.717, 1.165) is 12.8 Å². The Bertz CT molecular complexity index is 156. The quantitative estimate of drug-likeness (QED) is 0.478. The molecule has 0 N–H and O–H groups in total. The second kappa shape index (κ2) is 8.34. The molecule has 84 valence electrons. The molecule has 0 saturated carbocycles. The molecule has 0 aromatic heterocycles. The van der Waals surface area contributed by atoms with Crippen LogP contribution in [0.1, 0.15) is 59.3 Å². The summed E-state index contributed by atoms with van der Waals surface area (Å²) in [6.45, 7) is 6.47. The molecule has 0 rings (SSSR count). The van der Waals surface area contributed by atoms with Crippen LogP contribution in [0.5, 0.6) is 0 Å². The first-order valence-electron chi connectivity index (χ1n) is 5.90. The molecule has 1 nitrogen and oxygen atoms in total. The van der Waals surface area contributed by atoms with Gasteiger partial charge in [0.15, 0.2) is 5.12 Å². The molecule has 0 amide bonds. The Hall–Kier alpha value is 0.0200. The third-order valence-electron chi connectivity index (χ3n) is 3.03. The Balaban J connectivity index is 4.01. The van der Waals surface area contributed by atoms with Crippen molar-refractivity contribution in [2.45, 2.75) is 59.3 Å². The summed E-state index contributed by atoms with van der Waals surface area (Å²) in [5.41, 5.74) is 0. The van der Waals surface area contributed by atoms with Crippen molar-refractivity contribution in [2.75, 3.05) is 0 Å². The molecule has 0 radical (unpaired) electrons. The molecule has 2 unspecified atom stereocenters. The van der Waals surface area contributed by atoms with E-state index in [1.165, 1.54) is 25.7 Å². The molecule has 14 heavy (non-hydrogen) atoms. The summed E-state index contributed by atoms with van der Waals surface area (Å²) < 4.78 is 0. The van der Waals surface area contributed by atoms with Crippen LogP contribution in [0.25, 0.3) is 0 Å². The molecule has 2 atom stereocenters. The summed E-state index contributed by atoms with van der Waals surface area (Å²) in [7, 11) is 0. The smallest absolute Gasteiger partial charge is 0.189 e. The fourth-order valence-corrected chi connectivity index (χ4v) is 2.45. The number of carbonyl (C=O) groups excluding carboxylic acids is 1. The molecule has 0 heterocycles. The van der Waals surface area contributed by atoms with Crippen LogP contribution in [0, 0.1) is 11.8 Å². The monoisotopic (exact) mass is 216 g/mol. The maximum Gasteiger partial charge on any atom is 0.189 e. The van der Waals surface area contributed by atoms with Crippen molar-refractivity contribution >= 4 is 17.7 Å². The number of carbonyl (C=O) groups is 1. The second-order valence-electron chi connectivity index (χ2n) is 4.02. The maximum atomic E-state index is 11.3. The van der Waals surface area contributed by atoms with Gasteiger partial charge in [0.25, 0.3) is 0 Å². The van der Waals surface area contributed by atoms with Gasteiger partial charge in [0.1, 0.15) is 0 Å². The van der Waals surface area contributed by atoms with Crippen LogP contribution >= 0.6 is 12.6 Å². The van der Waals surface area contributed by atoms with Gasteiger partial charge in [-0.05, 0) is 18.8 Å². The first-order valence-corrected chi connectivity index (χ1v) is 6.34. The summed E-state index contributed by atoms with van der Waals surface area (Å²) in [5, 5.41) is 0.0795. The lowest BCUT2D eigenvalue weighted by Gasteiger charge is -2.22. The highest BCUT2D eigenvalue weighted by molar-refractivity contribution is 7.96. The van der Waals surface area contributed by atoms with E-state index in [9.17, 15) is 4.79 Å². The van der Waals surface area contributed by atoms with E-state index in [0.29, 0.717) is 5.92 Å². The lowest BCUT2D eigenvalue weighted by atomic mass is 9.85. The van der Waals surface area contributed by atoms with E-state index in [1.54, 1.807) is 0 Å². The molecule has 0 aliphatic rings. The molecule has 0 aromatic carbocycles. The standard InChI is InChI=1S/C12H24OS/c1-4-7-8-9-10(5-2)11(6-3)12(13)14/h10-11H,4-9H2,1-3H3,(H,13,14). The summed E-state index contributed by atoms with van der Waals surface area (Å²) in [4.78, 5) is 11.3. The van der Waals surface area contributed by atoms with Gasteiger partial charge in [0, 0.05) is 5.92 Å². The average Bonchev–Trinajstić information content (AvgIpc) is 2.16. The van der Waals surface area contributed by atoms with Gasteiger partial charge in [-0.1, -0.05) is 46.5 Å². The number of hydrogen-bond donors (Lipinski definition) is 1. The lowest BCUT2D eigenvalue weighted by Crippen LogP contribution is -2.19. The van der Waals surface area contributed by atoms with Crippen LogP contribution in [0.15, 0.2) is 0 Å². The summed E-state index contributed by atoms with van der Waals surface area (Å²) in [6.07, 6.45) is 7.03. The minimum Gasteiger partial charge on any atom is -0.287 e. The molecule has 0 saturated heterocycles. The van der Waals surface area contributed by atoms with E-state index in [4.69, 9.17) is 0 Å². The van der Waals surface area contributed by atoms with Crippen LogP contribution in [-0.4, -0.2) is 5.12 Å². The zero-order chi connectivity index (χ0) is 11.0. The van der Waals surface area contributed by atoms with Crippen LogP contribution in [-0.2, 0) is 4.79 Å². The van der Waals surface area contributed by atoms with Crippen molar-refractivity contribution in [3.8, 4) is 0 Å². The van der Waals surface area contributed by atoms with Crippen molar-refractivity contribution in [2.24, 2.45) is 11.8 Å². The van der Waals surface area contributed by atoms with Gasteiger partial charge in [-0.3, -0.25) is 4.79 Å². The van der Waals surface area contributed by atoms with E-state index >= 15 is 0 Å². The lowest BCUT2D eigenvalue weighted by molar-refractivity contribution is -0.116. The predicted molar refractivity (Wildman–Crippen MR) is 65.7 cm³/mol. The molecule has 2 heteroatoms. The Morgan fingerprint density at radius 1 is 1.14 bits per heavy atom. The Kier molecular flexibility index (Phi) is 8.35. The molecular weight excluding hydrogens is 192 g/mol. The Labute approximate surface area is 94.1 Å². The fraction of sp³-hybridized carbons (Fsp3) is 0.917. The van der Waals surface area contributed by atoms with Crippen molar-refractivity contribution in [1.29, 1.82) is 0 Å². The molecule has 0 aliphatic heterocycles. The van der Waals surface area contributed by atoms with Gasteiger partial charge in [-0.2, -0.15) is 0 Å². The molecule has 0 aromatic rings. The van der Waals surface area contributed by atoms with Crippen molar-refractivity contribution in [3.63, 3.8) is 0 Å². The first-order chi connectivity index (χ1) is 6.67. The molecule has 0 aliphatic carbocycles. The van der Waals surface area contributed by atoms with Gasteiger partial charge in [0.05, 0.1) is 0 Å². The van der Waals surface area contributed by atoms with Gasteiger partial charge < -0.3 is 0 Å². The molecule has 0 bridgehead atoms. The van der Waals surface area contributed by atoms with E-state index < -0.39 is 0 Å². The Morgan fingerprint density at radius 3 is 2.14 bits per heavy atom. The number of hydrogen-bond acceptors (Lipinski definition) is 1. The minimum atomic E-state index is 0.0795. The van der Waals surface area contributed by atoms with Gasteiger partial charge in [-0.15, -0.1) is 12.6 Å². The van der Waals surface area contributed by atoms with E-state index in [2.05, 4.69) is 33.4 Å². The largest absolute Gasteiger partial charge is 0.287 e. The van der Waals surface area contributed by atoms with E-state index in [-0.39, 0.29) is 11.0 Å². The number of rotatable bonds is 8. The van der Waals surface area contributed by atoms with Crippen molar-refractivity contribution in [1.82, 2.24) is 0 Å². The highest BCUT2D eigenvalue weighted by Crippen LogP contribution is 2.26. The van der Waals surface area contributed by atoms with Crippen LogP contribution in [0.2, 0.25) is 0 Å². The van der Waals surface area contributed by atoms with Crippen LogP contribution in [0.3, 0.4) is 0 Å². The number of unbranched alkanes of at least 4 members (excludes halogenated alkanes) is 2. The minimum absolute atomic E-state index is 0.0795. The highest BCUT2D eigenvalue weighted by Gasteiger charge is 2.22. The average molecular weight is 216 g/mol. The van der Waals surface area contributed by atoms with Crippen LogP contribution < -0.4 is 0 Å². The first kappa shape index (κ1) is 14.0. The molecular formula is C12H24OS. The Morgan fingerprint density at radius 2 is 1.79 bits per heavy atom. The summed E-state index contributed by atoms with van der Waals surface area (Å²) in [5.74, 6) is 0.733. The van der Waals surface area contributed by atoms with Gasteiger partial charge >= 0.3 is 0 Å². The molecule has 0 fully saturated rings. The number of thiol groups is 1. The summed E-state index contributed by atoms with van der Waals surface area (Å²) >= 11 is 3.97. The van der Waals surface area contributed by atoms with Crippen LogP contribution in [0.4, 0.5) is 0 Å². The van der Waals surface area contributed by atoms with Crippen molar-refractivity contribution in [3.05, 3.63) is 0 Å². The zero-order valence-corrected chi connectivity index (χ0v) is 10.6. The zero-order valence-electron chi connectivity index (χ0n) is 9.75. The normalized spacial score (nSPS) is 15.1. The maximum absolute atomic E-state index is 11.3. The molecule has 0 spiro atoms. The van der Waals surface area contributed by atoms with E-state index in [1.807, 2.05) is 0 Å². The second-order valence-corrected chi connectivity index (χ2v) is 4.46. The summed E-state index contributed by atoms with van der Waals surface area (Å²) in [6, 6.07) is 0. The van der Waals surface area contributed by atoms with Gasteiger partial charge in [-0.25, -0.2) is 0 Å². The third kappa shape index (κ3) is 5.04. The van der Waals surface area contributed by atoms with Crippen molar-refractivity contribution < 1.29 is 4.79 Å².